The number of nitrogens with zero attached hydrogens (tertiary/aromatic N) is 3. The first kappa shape index (κ1) is 26.4. The Morgan fingerprint density at radius 2 is 1.84 bits per heavy atom. The molecule has 1 atom stereocenters. The lowest BCUT2D eigenvalue weighted by Crippen LogP contribution is -2.19. The van der Waals surface area contributed by atoms with Crippen molar-refractivity contribution >= 4 is 11.8 Å². The Morgan fingerprint density at radius 1 is 1.05 bits per heavy atom. The van der Waals surface area contributed by atoms with Crippen LogP contribution in [0.2, 0.25) is 0 Å². The predicted molar refractivity (Wildman–Crippen MR) is 135 cm³/mol. The largest absolute Gasteiger partial charge is 0.494 e. The first-order chi connectivity index (χ1) is 17.8. The summed E-state index contributed by atoms with van der Waals surface area (Å²) in [6, 6.07) is 17.5. The van der Waals surface area contributed by atoms with Gasteiger partial charge in [0, 0.05) is 23.6 Å². The van der Waals surface area contributed by atoms with Gasteiger partial charge < -0.3 is 14.4 Å². The van der Waals surface area contributed by atoms with Crippen molar-refractivity contribution in [3.63, 3.8) is 0 Å². The minimum atomic E-state index is -2.82. The lowest BCUT2D eigenvalue weighted by molar-refractivity contribution is 0.145. The van der Waals surface area contributed by atoms with E-state index in [0.717, 1.165) is 17.3 Å². The monoisotopic (exact) mass is 527 g/mol. The normalized spacial score (nSPS) is 12.1. The Kier molecular flexibility index (Phi) is 8.62. The zero-order valence-electron chi connectivity index (χ0n) is 19.9. The molecule has 0 aliphatic carbocycles. The molecule has 6 nitrogen and oxygen atoms in total. The van der Waals surface area contributed by atoms with E-state index in [-0.39, 0.29) is 28.7 Å². The van der Waals surface area contributed by atoms with Gasteiger partial charge in [-0.25, -0.2) is 23.1 Å². The SMILES string of the molecule is COc1ccc(Cn2cc(-c3cc(C(F)F)nc(SCCC(O)c4ccccc4)n3)ccc2=O)cc1F. The molecule has 2 aromatic carbocycles. The highest BCUT2D eigenvalue weighted by Crippen LogP contribution is 2.28. The number of aliphatic hydroxyl groups is 1. The molecule has 0 radical (unpaired) electrons. The fraction of sp³-hybridized carbons (Fsp3) is 0.222. The first-order valence-corrected chi connectivity index (χ1v) is 12.4. The van der Waals surface area contributed by atoms with Gasteiger partial charge in [-0.05, 0) is 41.8 Å². The van der Waals surface area contributed by atoms with Crippen LogP contribution in [0.3, 0.4) is 0 Å². The Balaban J connectivity index is 1.55. The number of halogens is 3. The summed E-state index contributed by atoms with van der Waals surface area (Å²) in [5, 5.41) is 10.5. The van der Waals surface area contributed by atoms with Crippen LogP contribution in [-0.2, 0) is 6.54 Å². The molecule has 2 aromatic heterocycles. The summed E-state index contributed by atoms with van der Waals surface area (Å²) in [5.41, 5.74) is 1.18. The molecule has 37 heavy (non-hydrogen) atoms. The number of hydrogen-bond donors (Lipinski definition) is 1. The number of methoxy groups -OCH3 is 1. The zero-order chi connectivity index (χ0) is 26.4. The molecule has 0 saturated carbocycles. The highest BCUT2D eigenvalue weighted by Gasteiger charge is 2.16. The smallest absolute Gasteiger partial charge is 0.280 e. The van der Waals surface area contributed by atoms with Crippen molar-refractivity contribution in [2.75, 3.05) is 12.9 Å². The molecule has 10 heteroatoms. The Bertz CT molecular complexity index is 1420. The number of alkyl halides is 2. The second-order valence-corrected chi connectivity index (χ2v) is 9.24. The van der Waals surface area contributed by atoms with E-state index in [1.54, 1.807) is 6.07 Å². The lowest BCUT2D eigenvalue weighted by atomic mass is 10.1. The minimum absolute atomic E-state index is 0.0688. The van der Waals surface area contributed by atoms with Crippen LogP contribution in [0.5, 0.6) is 5.75 Å². The molecule has 0 spiro atoms. The first-order valence-electron chi connectivity index (χ1n) is 11.4. The van der Waals surface area contributed by atoms with E-state index in [1.165, 1.54) is 48.2 Å². The maximum absolute atomic E-state index is 14.1. The fourth-order valence-corrected chi connectivity index (χ4v) is 4.54. The highest BCUT2D eigenvalue weighted by atomic mass is 32.2. The van der Waals surface area contributed by atoms with Crippen LogP contribution >= 0.6 is 11.8 Å². The van der Waals surface area contributed by atoms with Crippen LogP contribution in [0.4, 0.5) is 13.2 Å². The molecular formula is C27H24F3N3O3S. The summed E-state index contributed by atoms with van der Waals surface area (Å²) < 4.78 is 47.6. The summed E-state index contributed by atoms with van der Waals surface area (Å²) in [7, 11) is 1.36. The van der Waals surface area contributed by atoms with Gasteiger partial charge in [-0.2, -0.15) is 0 Å². The number of hydrogen-bond acceptors (Lipinski definition) is 6. The Hall–Kier alpha value is -3.63. The van der Waals surface area contributed by atoms with E-state index >= 15 is 0 Å². The lowest BCUT2D eigenvalue weighted by Gasteiger charge is -2.12. The number of aliphatic hydroxyl groups excluding tert-OH is 1. The van der Waals surface area contributed by atoms with E-state index in [9.17, 15) is 23.1 Å². The van der Waals surface area contributed by atoms with Crippen LogP contribution < -0.4 is 10.3 Å². The number of pyridine rings is 1. The van der Waals surface area contributed by atoms with Gasteiger partial charge in [-0.1, -0.05) is 48.2 Å². The standard InChI is InChI=1S/C27H24F3N3O3S/c1-36-24-9-7-17(13-20(24)28)15-33-16-19(8-10-25(33)35)21-14-22(26(29)30)32-27(31-21)37-12-11-23(34)18-5-3-2-4-6-18/h2-10,13-14,16,23,26,34H,11-12,15H2,1H3. The van der Waals surface area contributed by atoms with Crippen molar-refractivity contribution < 1.29 is 23.0 Å². The van der Waals surface area contributed by atoms with E-state index in [4.69, 9.17) is 4.74 Å². The molecule has 192 valence electrons. The van der Waals surface area contributed by atoms with E-state index in [1.807, 2.05) is 30.3 Å². The van der Waals surface area contributed by atoms with Crippen molar-refractivity contribution in [2.45, 2.75) is 30.7 Å². The number of thioether (sulfide) groups is 1. The number of ether oxygens (including phenoxy) is 1. The van der Waals surface area contributed by atoms with Crippen molar-refractivity contribution in [1.82, 2.24) is 14.5 Å². The van der Waals surface area contributed by atoms with Gasteiger partial charge in [0.2, 0.25) is 0 Å². The van der Waals surface area contributed by atoms with Crippen molar-refractivity contribution in [1.29, 1.82) is 0 Å². The highest BCUT2D eigenvalue weighted by molar-refractivity contribution is 7.99. The molecule has 0 aliphatic heterocycles. The molecule has 1 N–H and O–H groups in total. The van der Waals surface area contributed by atoms with Crippen LogP contribution in [0.1, 0.15) is 35.8 Å². The molecule has 2 heterocycles. The zero-order valence-corrected chi connectivity index (χ0v) is 20.7. The maximum atomic E-state index is 14.1. The number of rotatable bonds is 10. The van der Waals surface area contributed by atoms with Crippen LogP contribution in [0.25, 0.3) is 11.3 Å². The molecule has 1 unspecified atom stereocenters. The van der Waals surface area contributed by atoms with Gasteiger partial charge in [0.1, 0.15) is 5.69 Å². The van der Waals surface area contributed by atoms with Gasteiger partial charge >= 0.3 is 0 Å². The third-order valence-corrected chi connectivity index (χ3v) is 6.48. The average molecular weight is 528 g/mol. The number of aromatic nitrogens is 3. The maximum Gasteiger partial charge on any atom is 0.280 e. The van der Waals surface area contributed by atoms with Crippen molar-refractivity contribution in [3.05, 3.63) is 106 Å². The summed E-state index contributed by atoms with van der Waals surface area (Å²) in [6.45, 7) is 0.0688. The van der Waals surface area contributed by atoms with Gasteiger partial charge in [0.05, 0.1) is 25.5 Å². The molecule has 0 fully saturated rings. The van der Waals surface area contributed by atoms with Gasteiger partial charge in [-0.15, -0.1) is 0 Å². The number of benzene rings is 2. The summed E-state index contributed by atoms with van der Waals surface area (Å²) in [4.78, 5) is 20.8. The van der Waals surface area contributed by atoms with Crippen LogP contribution in [0.15, 0.2) is 82.9 Å². The topological polar surface area (TPSA) is 77.2 Å². The Labute approximate surface area is 215 Å². The molecule has 0 bridgehead atoms. The molecular weight excluding hydrogens is 503 g/mol. The Morgan fingerprint density at radius 3 is 2.54 bits per heavy atom. The van der Waals surface area contributed by atoms with Gasteiger partial charge in [-0.3, -0.25) is 4.79 Å². The molecule has 0 saturated heterocycles. The van der Waals surface area contributed by atoms with E-state index in [0.29, 0.717) is 23.3 Å². The second-order valence-electron chi connectivity index (χ2n) is 8.18. The third kappa shape index (κ3) is 6.78. The predicted octanol–water partition coefficient (Wildman–Crippen LogP) is 5.65. The second kappa shape index (κ2) is 12.1. The average Bonchev–Trinajstić information content (AvgIpc) is 2.90. The fourth-order valence-electron chi connectivity index (χ4n) is 3.68. The van der Waals surface area contributed by atoms with Gasteiger partial charge in [0.25, 0.3) is 12.0 Å². The molecule has 4 rings (SSSR count). The minimum Gasteiger partial charge on any atom is -0.494 e. The van der Waals surface area contributed by atoms with Crippen LogP contribution in [0, 0.1) is 5.82 Å². The van der Waals surface area contributed by atoms with Crippen LogP contribution in [-0.4, -0.2) is 32.5 Å². The quantitative estimate of drug-likeness (QED) is 0.212. The third-order valence-electron chi connectivity index (χ3n) is 5.60. The van der Waals surface area contributed by atoms with E-state index in [2.05, 4.69) is 9.97 Å². The summed E-state index contributed by atoms with van der Waals surface area (Å²) in [6.07, 6.45) is -1.63. The van der Waals surface area contributed by atoms with Gasteiger partial charge in [0.15, 0.2) is 16.7 Å². The van der Waals surface area contributed by atoms with E-state index < -0.39 is 24.0 Å². The summed E-state index contributed by atoms with van der Waals surface area (Å²) >= 11 is 1.16. The van der Waals surface area contributed by atoms with Crippen molar-refractivity contribution in [3.8, 4) is 17.0 Å². The molecule has 0 amide bonds. The summed E-state index contributed by atoms with van der Waals surface area (Å²) in [5.74, 6) is -0.0580. The molecule has 4 aromatic rings. The van der Waals surface area contributed by atoms with Crippen molar-refractivity contribution in [2.24, 2.45) is 0 Å². The molecule has 0 aliphatic rings.